The molecule has 0 heterocycles. The van der Waals surface area contributed by atoms with Crippen molar-refractivity contribution in [3.05, 3.63) is 34.4 Å². The summed E-state index contributed by atoms with van der Waals surface area (Å²) < 4.78 is 0. The van der Waals surface area contributed by atoms with Crippen molar-refractivity contribution >= 4 is 11.6 Å². The molecule has 0 atom stereocenters. The molecule has 0 N–H and O–H groups in total. The first-order valence-electron chi connectivity index (χ1n) is 5.60. The van der Waals surface area contributed by atoms with E-state index in [0.29, 0.717) is 29.6 Å². The Bertz CT molecular complexity index is 416. The Morgan fingerprint density at radius 1 is 1.31 bits per heavy atom. The van der Waals surface area contributed by atoms with Crippen LogP contribution in [-0.4, -0.2) is 11.6 Å². The van der Waals surface area contributed by atoms with E-state index in [-0.39, 0.29) is 11.6 Å². The van der Waals surface area contributed by atoms with Crippen LogP contribution in [0.4, 0.5) is 0 Å². The van der Waals surface area contributed by atoms with E-state index in [1.165, 1.54) is 6.08 Å². The average molecular weight is 218 g/mol. The van der Waals surface area contributed by atoms with Crippen LogP contribution in [0, 0.1) is 0 Å². The number of hydrogen-bond acceptors (Lipinski definition) is 2. The van der Waals surface area contributed by atoms with E-state index in [1.807, 2.05) is 26.8 Å². The highest BCUT2D eigenvalue weighted by atomic mass is 16.1. The Kier molecular flexibility index (Phi) is 3.99. The van der Waals surface area contributed by atoms with Crippen LogP contribution in [0.15, 0.2) is 34.4 Å². The molecule has 0 saturated heterocycles. The van der Waals surface area contributed by atoms with Gasteiger partial charge >= 0.3 is 0 Å². The molecule has 0 unspecified atom stereocenters. The minimum absolute atomic E-state index is 0.0198. The number of Topliss-reactive ketones (excluding diaryl/α,β-unsaturated/α-hetero) is 1. The second kappa shape index (κ2) is 5.06. The summed E-state index contributed by atoms with van der Waals surface area (Å²) in [6, 6.07) is 0. The number of rotatable bonds is 3. The first-order valence-corrected chi connectivity index (χ1v) is 5.60. The van der Waals surface area contributed by atoms with Gasteiger partial charge in [0.2, 0.25) is 0 Å². The number of ketones is 2. The van der Waals surface area contributed by atoms with Gasteiger partial charge in [0.05, 0.1) is 0 Å². The molecule has 0 aromatic heterocycles. The molecule has 1 aliphatic rings. The van der Waals surface area contributed by atoms with Gasteiger partial charge in [0.15, 0.2) is 11.6 Å². The smallest absolute Gasteiger partial charge is 0.185 e. The Hall–Kier alpha value is -1.44. The van der Waals surface area contributed by atoms with Crippen LogP contribution in [0.5, 0.6) is 0 Å². The Balaban J connectivity index is 3.00. The Morgan fingerprint density at radius 2 is 1.94 bits per heavy atom. The van der Waals surface area contributed by atoms with E-state index < -0.39 is 0 Å². The van der Waals surface area contributed by atoms with Crippen molar-refractivity contribution < 1.29 is 9.59 Å². The number of carbonyl (C=O) groups is 2. The lowest BCUT2D eigenvalue weighted by Gasteiger charge is -2.15. The predicted molar refractivity (Wildman–Crippen MR) is 65.1 cm³/mol. The van der Waals surface area contributed by atoms with Crippen LogP contribution >= 0.6 is 0 Å². The van der Waals surface area contributed by atoms with E-state index in [4.69, 9.17) is 0 Å². The van der Waals surface area contributed by atoms with E-state index >= 15 is 0 Å². The quantitative estimate of drug-likeness (QED) is 0.538. The highest BCUT2D eigenvalue weighted by Gasteiger charge is 2.23. The molecule has 1 rings (SSSR count). The van der Waals surface area contributed by atoms with Crippen molar-refractivity contribution in [2.75, 3.05) is 0 Å². The van der Waals surface area contributed by atoms with Gasteiger partial charge in [-0.1, -0.05) is 18.6 Å². The second-order valence-electron chi connectivity index (χ2n) is 4.31. The maximum atomic E-state index is 12.0. The summed E-state index contributed by atoms with van der Waals surface area (Å²) in [5.41, 5.74) is 3.05. The monoisotopic (exact) mass is 218 g/mol. The molecule has 2 heteroatoms. The lowest BCUT2D eigenvalue weighted by Crippen LogP contribution is -2.17. The molecule has 0 amide bonds. The second-order valence-corrected chi connectivity index (χ2v) is 4.31. The summed E-state index contributed by atoms with van der Waals surface area (Å²) >= 11 is 0. The molecule has 0 aliphatic heterocycles. The molecular formula is C14H18O2. The lowest BCUT2D eigenvalue weighted by molar-refractivity contribution is -0.116. The molecule has 0 bridgehead atoms. The first kappa shape index (κ1) is 12.6. The molecule has 16 heavy (non-hydrogen) atoms. The molecule has 0 fully saturated rings. The van der Waals surface area contributed by atoms with Gasteiger partial charge in [0, 0.05) is 16.7 Å². The number of hydrogen-bond donors (Lipinski definition) is 0. The topological polar surface area (TPSA) is 34.1 Å². The Labute approximate surface area is 96.7 Å². The van der Waals surface area contributed by atoms with E-state index in [2.05, 4.69) is 0 Å². The normalized spacial score (nSPS) is 16.4. The third-order valence-electron chi connectivity index (χ3n) is 2.78. The van der Waals surface area contributed by atoms with Crippen molar-refractivity contribution in [1.29, 1.82) is 0 Å². The van der Waals surface area contributed by atoms with Crippen molar-refractivity contribution in [3.8, 4) is 0 Å². The van der Waals surface area contributed by atoms with Gasteiger partial charge < -0.3 is 0 Å². The van der Waals surface area contributed by atoms with Crippen LogP contribution in [0.1, 0.15) is 40.5 Å². The summed E-state index contributed by atoms with van der Waals surface area (Å²) in [4.78, 5) is 23.7. The maximum absolute atomic E-state index is 12.0. The zero-order valence-electron chi connectivity index (χ0n) is 10.4. The summed E-state index contributed by atoms with van der Waals surface area (Å²) in [7, 11) is 0. The summed E-state index contributed by atoms with van der Waals surface area (Å²) in [6.45, 7) is 7.61. The van der Waals surface area contributed by atoms with E-state index in [1.54, 1.807) is 6.92 Å². The van der Waals surface area contributed by atoms with Gasteiger partial charge in [0.1, 0.15) is 0 Å². The molecule has 2 nitrogen and oxygen atoms in total. The van der Waals surface area contributed by atoms with Crippen LogP contribution in [0.2, 0.25) is 0 Å². The van der Waals surface area contributed by atoms with Crippen LogP contribution in [-0.2, 0) is 9.59 Å². The molecule has 86 valence electrons. The van der Waals surface area contributed by atoms with Gasteiger partial charge in [-0.3, -0.25) is 9.59 Å². The average Bonchev–Trinajstić information content (AvgIpc) is 2.22. The minimum atomic E-state index is -0.0198. The highest BCUT2D eigenvalue weighted by Crippen LogP contribution is 2.23. The maximum Gasteiger partial charge on any atom is 0.185 e. The SMILES string of the molecule is CCC1=C(C)C(=O)C=C(CC=C(C)C)C1=O. The van der Waals surface area contributed by atoms with Crippen molar-refractivity contribution in [2.24, 2.45) is 0 Å². The third-order valence-corrected chi connectivity index (χ3v) is 2.78. The number of allylic oxidation sites excluding steroid dienone is 6. The van der Waals surface area contributed by atoms with Crippen LogP contribution in [0.25, 0.3) is 0 Å². The van der Waals surface area contributed by atoms with Crippen molar-refractivity contribution in [2.45, 2.75) is 40.5 Å². The molecular weight excluding hydrogens is 200 g/mol. The number of carbonyl (C=O) groups excluding carboxylic acids is 2. The zero-order valence-corrected chi connectivity index (χ0v) is 10.4. The summed E-state index contributed by atoms with van der Waals surface area (Å²) in [6.07, 6.45) is 4.65. The standard InChI is InChI=1S/C14H18O2/c1-5-12-10(4)13(15)8-11(14(12)16)7-6-9(2)3/h6,8H,5,7H2,1-4H3. The highest BCUT2D eigenvalue weighted by molar-refractivity contribution is 6.22. The van der Waals surface area contributed by atoms with Gasteiger partial charge in [-0.25, -0.2) is 0 Å². The largest absolute Gasteiger partial charge is 0.290 e. The third kappa shape index (κ3) is 2.57. The summed E-state index contributed by atoms with van der Waals surface area (Å²) in [5.74, 6) is 0.0192. The van der Waals surface area contributed by atoms with Gasteiger partial charge in [-0.05, 0) is 39.7 Å². The fourth-order valence-electron chi connectivity index (χ4n) is 1.74. The molecule has 0 aromatic rings. The van der Waals surface area contributed by atoms with Crippen molar-refractivity contribution in [3.63, 3.8) is 0 Å². The van der Waals surface area contributed by atoms with Crippen LogP contribution < -0.4 is 0 Å². The molecule has 0 aromatic carbocycles. The Morgan fingerprint density at radius 3 is 2.44 bits per heavy atom. The van der Waals surface area contributed by atoms with E-state index in [9.17, 15) is 9.59 Å². The fourth-order valence-corrected chi connectivity index (χ4v) is 1.74. The van der Waals surface area contributed by atoms with Gasteiger partial charge in [0.25, 0.3) is 0 Å². The molecule has 0 spiro atoms. The predicted octanol–water partition coefficient (Wildman–Crippen LogP) is 3.15. The fraction of sp³-hybridized carbons (Fsp3) is 0.429. The molecule has 1 aliphatic carbocycles. The zero-order chi connectivity index (χ0) is 12.3. The first-order chi connectivity index (χ1) is 7.47. The lowest BCUT2D eigenvalue weighted by atomic mass is 9.87. The van der Waals surface area contributed by atoms with Crippen molar-refractivity contribution in [1.82, 2.24) is 0 Å². The van der Waals surface area contributed by atoms with Gasteiger partial charge in [-0.15, -0.1) is 0 Å². The van der Waals surface area contributed by atoms with Gasteiger partial charge in [-0.2, -0.15) is 0 Å². The summed E-state index contributed by atoms with van der Waals surface area (Å²) in [5, 5.41) is 0. The molecule has 0 saturated carbocycles. The molecule has 0 radical (unpaired) electrons. The van der Waals surface area contributed by atoms with E-state index in [0.717, 1.165) is 5.57 Å². The van der Waals surface area contributed by atoms with Crippen LogP contribution in [0.3, 0.4) is 0 Å². The minimum Gasteiger partial charge on any atom is -0.290 e.